The second-order valence-electron chi connectivity index (χ2n) is 2.96. The van der Waals surface area contributed by atoms with Gasteiger partial charge in [0.05, 0.1) is 6.17 Å². The molecule has 1 N–H and O–H groups in total. The van der Waals surface area contributed by atoms with Gasteiger partial charge in [0.1, 0.15) is 0 Å². The average molecular weight is 130 g/mol. The van der Waals surface area contributed by atoms with E-state index in [-0.39, 0.29) is 0 Å². The lowest BCUT2D eigenvalue weighted by Gasteiger charge is -2.23. The first-order valence-corrected chi connectivity index (χ1v) is 3.46. The van der Waals surface area contributed by atoms with Gasteiger partial charge in [0, 0.05) is 6.04 Å². The summed E-state index contributed by atoms with van der Waals surface area (Å²) in [6.07, 6.45) is 0.477. The summed E-state index contributed by atoms with van der Waals surface area (Å²) in [6.45, 7) is 6.46. The molecule has 1 unspecified atom stereocenters. The van der Waals surface area contributed by atoms with Gasteiger partial charge in [-0.15, -0.1) is 0 Å². The van der Waals surface area contributed by atoms with Gasteiger partial charge in [0.15, 0.2) is 0 Å². The first kappa shape index (κ1) is 8.92. The van der Waals surface area contributed by atoms with E-state index in [0.29, 0.717) is 12.2 Å². The highest BCUT2D eigenvalue weighted by molar-refractivity contribution is 4.59. The molecule has 0 rings (SSSR count). The van der Waals surface area contributed by atoms with Gasteiger partial charge in [-0.1, -0.05) is 0 Å². The maximum atomic E-state index is 3.37. The molecule has 0 amide bonds. The van der Waals surface area contributed by atoms with Crippen molar-refractivity contribution in [2.75, 3.05) is 14.1 Å². The second kappa shape index (κ2) is 3.85. The molecule has 0 aromatic heterocycles. The predicted molar refractivity (Wildman–Crippen MR) is 41.4 cm³/mol. The van der Waals surface area contributed by atoms with Crippen LogP contribution in [0.5, 0.6) is 0 Å². The molecule has 0 aliphatic carbocycles. The Morgan fingerprint density at radius 3 is 1.67 bits per heavy atom. The molecule has 1 atom stereocenters. The molecule has 56 valence electrons. The summed E-state index contributed by atoms with van der Waals surface area (Å²) in [4.78, 5) is 2.15. The van der Waals surface area contributed by atoms with Crippen molar-refractivity contribution < 1.29 is 0 Å². The minimum atomic E-state index is 0.477. The van der Waals surface area contributed by atoms with E-state index in [4.69, 9.17) is 0 Å². The number of nitrogens with one attached hydrogen (secondary N) is 1. The summed E-state index contributed by atoms with van der Waals surface area (Å²) in [5.74, 6) is 0. The van der Waals surface area contributed by atoms with Crippen LogP contribution in [0, 0.1) is 0 Å². The van der Waals surface area contributed by atoms with Crippen LogP contribution in [-0.4, -0.2) is 31.2 Å². The summed E-state index contributed by atoms with van der Waals surface area (Å²) < 4.78 is 0. The van der Waals surface area contributed by atoms with Crippen molar-refractivity contribution in [2.45, 2.75) is 33.0 Å². The zero-order valence-electron chi connectivity index (χ0n) is 7.10. The van der Waals surface area contributed by atoms with E-state index in [1.165, 1.54) is 0 Å². The first-order valence-electron chi connectivity index (χ1n) is 3.46. The first-order chi connectivity index (χ1) is 4.04. The highest BCUT2D eigenvalue weighted by atomic mass is 15.2. The normalized spacial score (nSPS) is 15.0. The van der Waals surface area contributed by atoms with Crippen LogP contribution in [0.1, 0.15) is 20.8 Å². The number of hydrogen-bond acceptors (Lipinski definition) is 2. The monoisotopic (exact) mass is 130 g/mol. The van der Waals surface area contributed by atoms with Gasteiger partial charge in [0.2, 0.25) is 0 Å². The maximum absolute atomic E-state index is 3.37. The average Bonchev–Trinajstić information content (AvgIpc) is 1.63. The number of nitrogens with zero attached hydrogens (tertiary/aromatic N) is 1. The molecule has 0 aromatic carbocycles. The van der Waals surface area contributed by atoms with Crippen LogP contribution in [0.15, 0.2) is 0 Å². The molecule has 2 nitrogen and oxygen atoms in total. The lowest BCUT2D eigenvalue weighted by molar-refractivity contribution is 0.251. The van der Waals surface area contributed by atoms with Crippen LogP contribution in [-0.2, 0) is 0 Å². The van der Waals surface area contributed by atoms with E-state index in [9.17, 15) is 0 Å². The molecule has 0 aromatic rings. The highest BCUT2D eigenvalue weighted by Gasteiger charge is 2.03. The zero-order chi connectivity index (χ0) is 7.44. The van der Waals surface area contributed by atoms with Crippen molar-refractivity contribution in [1.82, 2.24) is 10.2 Å². The zero-order valence-corrected chi connectivity index (χ0v) is 7.10. The van der Waals surface area contributed by atoms with Gasteiger partial charge in [-0.2, -0.15) is 0 Å². The van der Waals surface area contributed by atoms with E-state index >= 15 is 0 Å². The molecule has 0 heterocycles. The van der Waals surface area contributed by atoms with E-state index in [1.54, 1.807) is 0 Å². The second-order valence-corrected chi connectivity index (χ2v) is 2.96. The summed E-state index contributed by atoms with van der Waals surface area (Å²) in [6, 6.07) is 0.572. The van der Waals surface area contributed by atoms with Crippen LogP contribution in [0.25, 0.3) is 0 Å². The summed E-state index contributed by atoms with van der Waals surface area (Å²) in [5, 5.41) is 3.37. The lowest BCUT2D eigenvalue weighted by atomic mass is 10.3. The molecule has 0 fully saturated rings. The molecule has 0 bridgehead atoms. The van der Waals surface area contributed by atoms with Crippen LogP contribution >= 0.6 is 0 Å². The minimum absolute atomic E-state index is 0.477. The van der Waals surface area contributed by atoms with Gasteiger partial charge >= 0.3 is 0 Å². The van der Waals surface area contributed by atoms with Crippen LogP contribution in [0.2, 0.25) is 0 Å². The third kappa shape index (κ3) is 4.43. The van der Waals surface area contributed by atoms with E-state index < -0.39 is 0 Å². The molecule has 0 spiro atoms. The van der Waals surface area contributed by atoms with Crippen molar-refractivity contribution in [3.8, 4) is 0 Å². The van der Waals surface area contributed by atoms with Gasteiger partial charge in [-0.25, -0.2) is 0 Å². The molecule has 2 heteroatoms. The smallest absolute Gasteiger partial charge is 0.0564 e. The number of rotatable bonds is 3. The SMILES string of the molecule is CC(C)NC(C)N(C)C. The fourth-order valence-electron chi connectivity index (χ4n) is 0.631. The Kier molecular flexibility index (Phi) is 3.82. The maximum Gasteiger partial charge on any atom is 0.0564 e. The van der Waals surface area contributed by atoms with Crippen LogP contribution in [0.3, 0.4) is 0 Å². The fraction of sp³-hybridized carbons (Fsp3) is 1.00. The Balaban J connectivity index is 3.38. The van der Waals surface area contributed by atoms with Crippen LogP contribution in [0.4, 0.5) is 0 Å². The van der Waals surface area contributed by atoms with Crippen molar-refractivity contribution in [3.05, 3.63) is 0 Å². The van der Waals surface area contributed by atoms with E-state index in [1.807, 2.05) is 0 Å². The van der Waals surface area contributed by atoms with Gasteiger partial charge in [-0.3, -0.25) is 10.2 Å². The van der Waals surface area contributed by atoms with Crippen molar-refractivity contribution in [1.29, 1.82) is 0 Å². The fourth-order valence-corrected chi connectivity index (χ4v) is 0.631. The Morgan fingerprint density at radius 2 is 1.56 bits per heavy atom. The molecule has 0 saturated heterocycles. The molecule has 0 saturated carbocycles. The lowest BCUT2D eigenvalue weighted by Crippen LogP contribution is -2.42. The standard InChI is InChI=1S/C7H18N2/c1-6(2)8-7(3)9(4)5/h6-8H,1-5H3. The summed E-state index contributed by atoms with van der Waals surface area (Å²) >= 11 is 0. The third-order valence-electron chi connectivity index (χ3n) is 1.35. The molecule has 0 aliphatic heterocycles. The molecule has 0 radical (unpaired) electrons. The summed E-state index contributed by atoms with van der Waals surface area (Å²) in [7, 11) is 4.14. The Labute approximate surface area is 58.2 Å². The highest BCUT2D eigenvalue weighted by Crippen LogP contribution is 1.87. The molecular weight excluding hydrogens is 112 g/mol. The van der Waals surface area contributed by atoms with Gasteiger partial charge < -0.3 is 0 Å². The predicted octanol–water partition coefficient (Wildman–Crippen LogP) is 0.892. The largest absolute Gasteiger partial charge is 0.300 e. The quantitative estimate of drug-likeness (QED) is 0.571. The van der Waals surface area contributed by atoms with Crippen molar-refractivity contribution in [2.24, 2.45) is 0 Å². The minimum Gasteiger partial charge on any atom is -0.300 e. The number of hydrogen-bond donors (Lipinski definition) is 1. The molecule has 0 aliphatic rings. The van der Waals surface area contributed by atoms with E-state index in [0.717, 1.165) is 0 Å². The van der Waals surface area contributed by atoms with Crippen molar-refractivity contribution >= 4 is 0 Å². The molecule has 9 heavy (non-hydrogen) atoms. The van der Waals surface area contributed by atoms with Crippen LogP contribution < -0.4 is 5.32 Å². The molecular formula is C7H18N2. The summed E-state index contributed by atoms with van der Waals surface area (Å²) in [5.41, 5.74) is 0. The van der Waals surface area contributed by atoms with Gasteiger partial charge in [-0.05, 0) is 34.9 Å². The third-order valence-corrected chi connectivity index (χ3v) is 1.35. The Hall–Kier alpha value is -0.0800. The van der Waals surface area contributed by atoms with Gasteiger partial charge in [0.25, 0.3) is 0 Å². The van der Waals surface area contributed by atoms with E-state index in [2.05, 4.69) is 45.1 Å². The Morgan fingerprint density at radius 1 is 1.11 bits per heavy atom. The Bertz CT molecular complexity index is 69.3. The van der Waals surface area contributed by atoms with Crippen molar-refractivity contribution in [3.63, 3.8) is 0 Å². The topological polar surface area (TPSA) is 15.3 Å².